The lowest BCUT2D eigenvalue weighted by Crippen LogP contribution is -2.46. The highest BCUT2D eigenvalue weighted by Crippen LogP contribution is 2.42. The fraction of sp³-hybridized carbons (Fsp3) is 0.861. The first kappa shape index (κ1) is 39.7. The zero-order chi connectivity index (χ0) is 35.5. The second kappa shape index (κ2) is 17.8. The zero-order valence-electron chi connectivity index (χ0n) is 29.5. The molecule has 1 heterocycles. The van der Waals surface area contributed by atoms with E-state index in [1.807, 2.05) is 13.8 Å². The molecule has 0 spiro atoms. The third-order valence-electron chi connectivity index (χ3n) is 10.5. The van der Waals surface area contributed by atoms with Gasteiger partial charge in [0.2, 0.25) is 5.67 Å². The fourth-order valence-corrected chi connectivity index (χ4v) is 7.61. The van der Waals surface area contributed by atoms with E-state index in [0.717, 1.165) is 71.1 Å². The van der Waals surface area contributed by atoms with E-state index in [1.54, 1.807) is 6.92 Å². The number of carboxylic acids is 1. The van der Waals surface area contributed by atoms with Gasteiger partial charge in [-0.1, -0.05) is 32.6 Å². The maximum atomic E-state index is 16.2. The molecule has 48 heavy (non-hydrogen) atoms. The lowest BCUT2D eigenvalue weighted by Gasteiger charge is -2.39. The van der Waals surface area contributed by atoms with Crippen LogP contribution in [0.3, 0.4) is 0 Å². The summed E-state index contributed by atoms with van der Waals surface area (Å²) in [6.07, 6.45) is 8.96. The van der Waals surface area contributed by atoms with Crippen molar-refractivity contribution in [2.24, 2.45) is 23.2 Å². The third kappa shape index (κ3) is 11.7. The Morgan fingerprint density at radius 3 is 2.19 bits per heavy atom. The minimum absolute atomic E-state index is 0.00567. The van der Waals surface area contributed by atoms with Gasteiger partial charge in [0, 0.05) is 6.42 Å². The Labute approximate surface area is 284 Å². The molecule has 1 aliphatic heterocycles. The molecule has 6 unspecified atom stereocenters. The number of fused-ring (bicyclic) bond motifs is 1. The van der Waals surface area contributed by atoms with Gasteiger partial charge in [0.05, 0.1) is 36.4 Å². The Kier molecular flexibility index (Phi) is 14.7. The number of carbonyl (C=O) groups is 5. The van der Waals surface area contributed by atoms with E-state index in [1.165, 1.54) is 6.92 Å². The molecular weight excluding hydrogens is 627 g/mol. The molecule has 0 aromatic rings. The predicted octanol–water partition coefficient (Wildman–Crippen LogP) is 6.27. The average molecular weight is 685 g/mol. The summed E-state index contributed by atoms with van der Waals surface area (Å²) in [5.74, 6) is -4.42. The molecule has 274 valence electrons. The van der Waals surface area contributed by atoms with Gasteiger partial charge in [-0.25, -0.2) is 9.18 Å². The van der Waals surface area contributed by atoms with Gasteiger partial charge in [-0.2, -0.15) is 0 Å². The van der Waals surface area contributed by atoms with Crippen LogP contribution in [0.1, 0.15) is 131 Å². The van der Waals surface area contributed by atoms with Crippen molar-refractivity contribution in [3.05, 3.63) is 0 Å². The Balaban J connectivity index is 1.68. The van der Waals surface area contributed by atoms with Crippen LogP contribution >= 0.6 is 0 Å². The van der Waals surface area contributed by atoms with Crippen LogP contribution in [0, 0.1) is 23.2 Å². The molecular formula is C36H57FO11. The molecule has 2 saturated carbocycles. The third-order valence-corrected chi connectivity index (χ3v) is 10.5. The summed E-state index contributed by atoms with van der Waals surface area (Å²) in [5, 5.41) is 8.68. The molecule has 11 nitrogen and oxygen atoms in total. The molecule has 12 heteroatoms. The number of carboxylic acid groups (broad SMARTS) is 1. The molecule has 0 radical (unpaired) electrons. The first-order chi connectivity index (χ1) is 22.6. The summed E-state index contributed by atoms with van der Waals surface area (Å²) in [4.78, 5) is 62.6. The Bertz CT molecular complexity index is 1120. The Hall–Kier alpha value is -2.76. The van der Waals surface area contributed by atoms with Gasteiger partial charge in [0.1, 0.15) is 25.4 Å². The summed E-state index contributed by atoms with van der Waals surface area (Å²) in [6, 6.07) is 0. The lowest BCUT2D eigenvalue weighted by atomic mass is 9.73. The quantitative estimate of drug-likeness (QED) is 0.0988. The standard InChI is InChI=1S/C36H57FO11/c1-6-24(31(41)48-34(2,3)26-12-8-7-9-13-26)21-35(4,32(42)46-22-27-16-15-25-11-10-14-28(25)47-27)23-36(5,37)33(43)45-20-19-44-30(40)18-17-29(38)39/h24-28H,6-23H2,1-5H3,(H,38,39). The van der Waals surface area contributed by atoms with Crippen LogP contribution in [0.2, 0.25) is 0 Å². The molecule has 0 aromatic carbocycles. The topological polar surface area (TPSA) is 152 Å². The molecule has 3 fully saturated rings. The Morgan fingerprint density at radius 1 is 0.833 bits per heavy atom. The molecule has 0 bridgehead atoms. The number of hydrogen-bond donors (Lipinski definition) is 1. The molecule has 1 N–H and O–H groups in total. The van der Waals surface area contributed by atoms with E-state index in [-0.39, 0.29) is 44.2 Å². The highest BCUT2D eigenvalue weighted by molar-refractivity contribution is 5.83. The zero-order valence-corrected chi connectivity index (χ0v) is 29.5. The number of esters is 4. The summed E-state index contributed by atoms with van der Waals surface area (Å²) in [6.45, 7) is 7.30. The van der Waals surface area contributed by atoms with Crippen molar-refractivity contribution in [2.45, 2.75) is 154 Å². The summed E-state index contributed by atoms with van der Waals surface area (Å²) < 4.78 is 44.1. The fourth-order valence-electron chi connectivity index (χ4n) is 7.61. The lowest BCUT2D eigenvalue weighted by molar-refractivity contribution is -0.176. The monoisotopic (exact) mass is 684 g/mol. The number of alkyl halides is 1. The summed E-state index contributed by atoms with van der Waals surface area (Å²) in [7, 11) is 0. The summed E-state index contributed by atoms with van der Waals surface area (Å²) >= 11 is 0. The SMILES string of the molecule is CCC(CC(C)(CC(C)(F)C(=O)OCCOC(=O)CCC(=O)O)C(=O)OCC1CCC2CCCC2O1)C(=O)OC(C)(C)C1CCCCC1. The van der Waals surface area contributed by atoms with Gasteiger partial charge in [-0.3, -0.25) is 19.2 Å². The van der Waals surface area contributed by atoms with Crippen molar-refractivity contribution in [1.82, 2.24) is 0 Å². The van der Waals surface area contributed by atoms with Crippen LogP contribution in [0.15, 0.2) is 0 Å². The minimum Gasteiger partial charge on any atom is -0.481 e. The smallest absolute Gasteiger partial charge is 0.343 e. The highest BCUT2D eigenvalue weighted by Gasteiger charge is 2.50. The number of rotatable bonds is 18. The normalized spacial score (nSPS) is 24.7. The van der Waals surface area contributed by atoms with Crippen LogP contribution in [0.25, 0.3) is 0 Å². The second-order valence-corrected chi connectivity index (χ2v) is 15.0. The molecule has 3 rings (SSSR count). The van der Waals surface area contributed by atoms with E-state index in [2.05, 4.69) is 0 Å². The molecule has 0 aromatic heterocycles. The van der Waals surface area contributed by atoms with Crippen molar-refractivity contribution in [3.8, 4) is 0 Å². The van der Waals surface area contributed by atoms with Crippen molar-refractivity contribution in [3.63, 3.8) is 0 Å². The largest absolute Gasteiger partial charge is 0.481 e. The van der Waals surface area contributed by atoms with Crippen molar-refractivity contribution in [2.75, 3.05) is 19.8 Å². The molecule has 0 amide bonds. The van der Waals surface area contributed by atoms with Crippen LogP contribution in [0.5, 0.6) is 0 Å². The average Bonchev–Trinajstić information content (AvgIpc) is 3.51. The van der Waals surface area contributed by atoms with Gasteiger partial charge in [0.15, 0.2) is 0 Å². The van der Waals surface area contributed by atoms with Crippen LogP contribution in [-0.4, -0.2) is 78.3 Å². The number of ether oxygens (including phenoxy) is 5. The van der Waals surface area contributed by atoms with Gasteiger partial charge < -0.3 is 28.8 Å². The molecule has 3 aliphatic rings. The number of halogens is 1. The van der Waals surface area contributed by atoms with E-state index in [0.29, 0.717) is 12.3 Å². The van der Waals surface area contributed by atoms with E-state index in [9.17, 15) is 24.0 Å². The maximum absolute atomic E-state index is 16.2. The van der Waals surface area contributed by atoms with Crippen LogP contribution in [0.4, 0.5) is 4.39 Å². The van der Waals surface area contributed by atoms with Crippen molar-refractivity contribution in [1.29, 1.82) is 0 Å². The van der Waals surface area contributed by atoms with E-state index >= 15 is 4.39 Å². The number of aliphatic carboxylic acids is 1. The molecule has 6 atom stereocenters. The molecule has 1 saturated heterocycles. The van der Waals surface area contributed by atoms with Gasteiger partial charge >= 0.3 is 29.8 Å². The highest BCUT2D eigenvalue weighted by atomic mass is 19.1. The van der Waals surface area contributed by atoms with E-state index < -0.39 is 71.9 Å². The van der Waals surface area contributed by atoms with E-state index in [4.69, 9.17) is 28.8 Å². The number of carbonyl (C=O) groups excluding carboxylic acids is 4. The van der Waals surface area contributed by atoms with Gasteiger partial charge in [-0.15, -0.1) is 0 Å². The number of hydrogen-bond acceptors (Lipinski definition) is 10. The van der Waals surface area contributed by atoms with Gasteiger partial charge in [-0.05, 0) is 90.9 Å². The van der Waals surface area contributed by atoms with Crippen molar-refractivity contribution >= 4 is 29.8 Å². The predicted molar refractivity (Wildman–Crippen MR) is 172 cm³/mol. The second-order valence-electron chi connectivity index (χ2n) is 15.0. The van der Waals surface area contributed by atoms with Crippen LogP contribution < -0.4 is 0 Å². The van der Waals surface area contributed by atoms with Crippen molar-refractivity contribution < 1.29 is 57.2 Å². The Morgan fingerprint density at radius 2 is 1.52 bits per heavy atom. The first-order valence-corrected chi connectivity index (χ1v) is 17.9. The van der Waals surface area contributed by atoms with Crippen LogP contribution in [-0.2, 0) is 47.7 Å². The summed E-state index contributed by atoms with van der Waals surface area (Å²) in [5.41, 5.74) is -4.97. The minimum atomic E-state index is -2.66. The van der Waals surface area contributed by atoms with Gasteiger partial charge in [0.25, 0.3) is 0 Å². The first-order valence-electron chi connectivity index (χ1n) is 17.9. The molecule has 2 aliphatic carbocycles. The maximum Gasteiger partial charge on any atom is 0.343 e.